The van der Waals surface area contributed by atoms with Gasteiger partial charge >= 0.3 is 0 Å². The van der Waals surface area contributed by atoms with Gasteiger partial charge in [-0.3, -0.25) is 0 Å². The summed E-state index contributed by atoms with van der Waals surface area (Å²) in [6.07, 6.45) is 10.5. The number of rotatable bonds is 5. The molecule has 1 heterocycles. The van der Waals surface area contributed by atoms with E-state index in [4.69, 9.17) is 0 Å². The number of pyridine rings is 1. The molecule has 3 nitrogen and oxygen atoms in total. The molecule has 1 aliphatic carbocycles. The van der Waals surface area contributed by atoms with Gasteiger partial charge in [-0.05, 0) is 49.4 Å². The lowest BCUT2D eigenvalue weighted by atomic mass is 9.84. The van der Waals surface area contributed by atoms with Crippen molar-refractivity contribution in [1.29, 1.82) is 0 Å². The molecule has 1 fully saturated rings. The predicted molar refractivity (Wildman–Crippen MR) is 108 cm³/mol. The molecule has 0 aliphatic heterocycles. The Balaban J connectivity index is 1.88. The van der Waals surface area contributed by atoms with E-state index in [-0.39, 0.29) is 0 Å². The van der Waals surface area contributed by atoms with E-state index in [9.17, 15) is 0 Å². The van der Waals surface area contributed by atoms with Gasteiger partial charge in [0, 0.05) is 43.4 Å². The first kappa shape index (κ1) is 17.5. The highest BCUT2D eigenvalue weighted by atomic mass is 15.2. The maximum Gasteiger partial charge on any atom is 0.142 e. The van der Waals surface area contributed by atoms with Crippen molar-refractivity contribution >= 4 is 17.2 Å². The highest BCUT2D eigenvalue weighted by Crippen LogP contribution is 2.35. The minimum absolute atomic E-state index is 0.733. The zero-order chi connectivity index (χ0) is 17.8. The zero-order valence-electron chi connectivity index (χ0n) is 15.7. The van der Waals surface area contributed by atoms with Crippen LogP contribution in [0.3, 0.4) is 0 Å². The molecule has 1 aromatic carbocycles. The standard InChI is InChI=1S/C22H29N3/c1-5-25(22-17(2)21(24(3)4)15-16-23-22)20-13-11-19(12-14-20)18-9-7-6-8-10-18/h5,11-16,18H,1,6-10H2,2-4H3. The first-order valence-electron chi connectivity index (χ1n) is 9.26. The van der Waals surface area contributed by atoms with Crippen LogP contribution in [0.2, 0.25) is 0 Å². The van der Waals surface area contributed by atoms with E-state index >= 15 is 0 Å². The Labute approximate surface area is 152 Å². The average molecular weight is 335 g/mol. The number of anilines is 3. The van der Waals surface area contributed by atoms with Crippen LogP contribution >= 0.6 is 0 Å². The number of aromatic nitrogens is 1. The summed E-state index contributed by atoms with van der Waals surface area (Å²) < 4.78 is 0. The summed E-state index contributed by atoms with van der Waals surface area (Å²) in [7, 11) is 4.12. The molecule has 1 aromatic heterocycles. The molecule has 132 valence electrons. The third-order valence-corrected chi connectivity index (χ3v) is 5.29. The summed E-state index contributed by atoms with van der Waals surface area (Å²) in [6.45, 7) is 6.13. The average Bonchev–Trinajstić information content (AvgIpc) is 2.65. The molecule has 25 heavy (non-hydrogen) atoms. The molecule has 0 atom stereocenters. The van der Waals surface area contributed by atoms with Gasteiger partial charge in [0.25, 0.3) is 0 Å². The van der Waals surface area contributed by atoms with E-state index in [1.807, 2.05) is 18.5 Å². The summed E-state index contributed by atoms with van der Waals surface area (Å²) in [5.41, 5.74) is 4.92. The molecule has 0 spiro atoms. The first-order valence-corrected chi connectivity index (χ1v) is 9.26. The molecular formula is C22H29N3. The lowest BCUT2D eigenvalue weighted by Crippen LogP contribution is -2.16. The van der Waals surface area contributed by atoms with Crippen LogP contribution in [0.15, 0.2) is 49.3 Å². The van der Waals surface area contributed by atoms with Crippen LogP contribution in [0.5, 0.6) is 0 Å². The van der Waals surface area contributed by atoms with E-state index in [2.05, 4.69) is 66.6 Å². The molecule has 3 heteroatoms. The second-order valence-corrected chi connectivity index (χ2v) is 7.15. The fourth-order valence-electron chi connectivity index (χ4n) is 3.90. The largest absolute Gasteiger partial charge is 0.377 e. The first-order chi connectivity index (χ1) is 12.1. The molecule has 0 saturated heterocycles. The minimum Gasteiger partial charge on any atom is -0.377 e. The van der Waals surface area contributed by atoms with Crippen LogP contribution in [0, 0.1) is 6.92 Å². The van der Waals surface area contributed by atoms with Crippen molar-refractivity contribution in [2.75, 3.05) is 23.9 Å². The Morgan fingerprint density at radius 3 is 2.32 bits per heavy atom. The summed E-state index contributed by atoms with van der Waals surface area (Å²) in [5.74, 6) is 1.67. The Hall–Kier alpha value is -2.29. The van der Waals surface area contributed by atoms with Crippen LogP contribution in [-0.4, -0.2) is 19.1 Å². The molecule has 2 aromatic rings. The van der Waals surface area contributed by atoms with E-state index < -0.39 is 0 Å². The van der Waals surface area contributed by atoms with Crippen LogP contribution in [0.4, 0.5) is 17.2 Å². The summed E-state index contributed by atoms with van der Waals surface area (Å²) >= 11 is 0. The predicted octanol–water partition coefficient (Wildman–Crippen LogP) is 5.79. The van der Waals surface area contributed by atoms with E-state index in [0.717, 1.165) is 23.0 Å². The lowest BCUT2D eigenvalue weighted by molar-refractivity contribution is 0.443. The Morgan fingerprint density at radius 1 is 1.04 bits per heavy atom. The highest BCUT2D eigenvalue weighted by molar-refractivity contribution is 5.71. The fourth-order valence-corrected chi connectivity index (χ4v) is 3.90. The lowest BCUT2D eigenvalue weighted by Gasteiger charge is -2.26. The number of nitrogens with zero attached hydrogens (tertiary/aromatic N) is 3. The quantitative estimate of drug-likeness (QED) is 0.690. The van der Waals surface area contributed by atoms with Gasteiger partial charge in [0.2, 0.25) is 0 Å². The fraction of sp³-hybridized carbons (Fsp3) is 0.409. The summed E-state index contributed by atoms with van der Waals surface area (Å²) in [6, 6.07) is 11.0. The molecule has 0 radical (unpaired) electrons. The molecule has 1 saturated carbocycles. The van der Waals surface area contributed by atoms with Gasteiger partial charge in [-0.25, -0.2) is 4.98 Å². The Morgan fingerprint density at radius 2 is 1.72 bits per heavy atom. The Bertz CT molecular complexity index is 713. The van der Waals surface area contributed by atoms with Gasteiger partial charge in [0.05, 0.1) is 0 Å². The SMILES string of the molecule is C=CN(c1ccc(C2CCCCC2)cc1)c1nccc(N(C)C)c1C. The van der Waals surface area contributed by atoms with Gasteiger partial charge in [-0.1, -0.05) is 38.0 Å². The zero-order valence-corrected chi connectivity index (χ0v) is 15.7. The van der Waals surface area contributed by atoms with Crippen molar-refractivity contribution in [3.63, 3.8) is 0 Å². The van der Waals surface area contributed by atoms with E-state index in [0.29, 0.717) is 0 Å². The number of hydrogen-bond donors (Lipinski definition) is 0. The number of benzene rings is 1. The van der Waals surface area contributed by atoms with Crippen LogP contribution < -0.4 is 9.80 Å². The number of hydrogen-bond acceptors (Lipinski definition) is 3. The maximum absolute atomic E-state index is 4.61. The smallest absolute Gasteiger partial charge is 0.142 e. The van der Waals surface area contributed by atoms with Crippen molar-refractivity contribution in [3.8, 4) is 0 Å². The monoisotopic (exact) mass is 335 g/mol. The van der Waals surface area contributed by atoms with Crippen LogP contribution in [-0.2, 0) is 0 Å². The second kappa shape index (κ2) is 7.73. The third-order valence-electron chi connectivity index (χ3n) is 5.29. The van der Waals surface area contributed by atoms with Gasteiger partial charge in [0.15, 0.2) is 0 Å². The summed E-state index contributed by atoms with van der Waals surface area (Å²) in [5, 5.41) is 0. The van der Waals surface area contributed by atoms with Crippen LogP contribution in [0.25, 0.3) is 0 Å². The molecule has 0 amide bonds. The van der Waals surface area contributed by atoms with Gasteiger partial charge in [-0.15, -0.1) is 0 Å². The normalized spacial score (nSPS) is 15.0. The minimum atomic E-state index is 0.733. The summed E-state index contributed by atoms with van der Waals surface area (Å²) in [4.78, 5) is 8.80. The molecule has 1 aliphatic rings. The van der Waals surface area contributed by atoms with Crippen molar-refractivity contribution in [1.82, 2.24) is 4.98 Å². The third kappa shape index (κ3) is 3.71. The van der Waals surface area contributed by atoms with Gasteiger partial charge < -0.3 is 9.80 Å². The van der Waals surface area contributed by atoms with E-state index in [1.165, 1.54) is 43.4 Å². The topological polar surface area (TPSA) is 19.4 Å². The van der Waals surface area contributed by atoms with Crippen molar-refractivity contribution in [2.45, 2.75) is 44.9 Å². The van der Waals surface area contributed by atoms with Gasteiger partial charge in [0.1, 0.15) is 5.82 Å². The Kier molecular flexibility index (Phi) is 5.42. The van der Waals surface area contributed by atoms with Crippen molar-refractivity contribution in [3.05, 3.63) is 60.4 Å². The highest BCUT2D eigenvalue weighted by Gasteiger charge is 2.17. The maximum atomic E-state index is 4.61. The van der Waals surface area contributed by atoms with Gasteiger partial charge in [-0.2, -0.15) is 0 Å². The van der Waals surface area contributed by atoms with Crippen molar-refractivity contribution in [2.24, 2.45) is 0 Å². The van der Waals surface area contributed by atoms with E-state index in [1.54, 1.807) is 0 Å². The second-order valence-electron chi connectivity index (χ2n) is 7.15. The molecule has 0 unspecified atom stereocenters. The molecule has 3 rings (SSSR count). The molecule has 0 bridgehead atoms. The van der Waals surface area contributed by atoms with Crippen LogP contribution in [0.1, 0.15) is 49.1 Å². The van der Waals surface area contributed by atoms with Crippen molar-refractivity contribution < 1.29 is 0 Å². The molecule has 0 N–H and O–H groups in total. The molecular weight excluding hydrogens is 306 g/mol.